The molecular weight excluding hydrogens is 304 g/mol. The number of likely N-dealkylation sites (N-methyl/N-ethyl adjacent to an activating group) is 1. The molecule has 22 heavy (non-hydrogen) atoms. The predicted molar refractivity (Wildman–Crippen MR) is 89.4 cm³/mol. The van der Waals surface area contributed by atoms with Gasteiger partial charge in [0, 0.05) is 18.3 Å². The molecule has 122 valence electrons. The van der Waals surface area contributed by atoms with Crippen LogP contribution in [0.1, 0.15) is 12.8 Å². The number of piperidine rings is 1. The van der Waals surface area contributed by atoms with Gasteiger partial charge in [-0.25, -0.2) is 4.79 Å². The van der Waals surface area contributed by atoms with E-state index in [1.807, 2.05) is 25.2 Å². The number of likely N-dealkylation sites (tertiary alicyclic amines) is 1. The van der Waals surface area contributed by atoms with Crippen molar-refractivity contribution in [2.24, 2.45) is 0 Å². The second kappa shape index (κ2) is 9.40. The van der Waals surface area contributed by atoms with Gasteiger partial charge in [-0.05, 0) is 38.6 Å². The summed E-state index contributed by atoms with van der Waals surface area (Å²) in [5, 5.41) is 8.21. The van der Waals surface area contributed by atoms with Crippen molar-refractivity contribution >= 4 is 30.0 Å². The van der Waals surface area contributed by atoms with Crippen molar-refractivity contribution in [3.63, 3.8) is 0 Å². The molecule has 1 aromatic carbocycles. The summed E-state index contributed by atoms with van der Waals surface area (Å²) in [5.74, 6) is -0.278. The molecule has 1 aliphatic rings. The molecule has 0 aromatic heterocycles. The van der Waals surface area contributed by atoms with Crippen LogP contribution >= 0.6 is 12.4 Å². The first-order valence-corrected chi connectivity index (χ1v) is 7.23. The molecule has 1 fully saturated rings. The van der Waals surface area contributed by atoms with E-state index in [2.05, 4.69) is 20.9 Å². The summed E-state index contributed by atoms with van der Waals surface area (Å²) in [6.07, 6.45) is 2.19. The number of benzene rings is 1. The van der Waals surface area contributed by atoms with Gasteiger partial charge in [-0.2, -0.15) is 0 Å². The van der Waals surface area contributed by atoms with Crippen LogP contribution in [0.2, 0.25) is 0 Å². The minimum atomic E-state index is -0.492. The highest BCUT2D eigenvalue weighted by Gasteiger charge is 2.20. The van der Waals surface area contributed by atoms with E-state index in [-0.39, 0.29) is 24.9 Å². The van der Waals surface area contributed by atoms with E-state index in [0.717, 1.165) is 25.9 Å². The summed E-state index contributed by atoms with van der Waals surface area (Å²) in [6.45, 7) is 1.98. The van der Waals surface area contributed by atoms with Gasteiger partial charge >= 0.3 is 6.03 Å². The number of rotatable bonds is 4. The van der Waals surface area contributed by atoms with E-state index in [0.29, 0.717) is 11.7 Å². The highest BCUT2D eigenvalue weighted by molar-refractivity contribution is 6.01. The standard InChI is InChI=1S/C15H22N4O2.ClH/c1-16-13-8-5-9-19(10-13)11-14(20)18-15(21)17-12-6-3-2-4-7-12;/h2-4,6-7,13,16H,5,8-11H2,1H3,(H2,17,18,20,21);1H. The number of urea groups is 1. The highest BCUT2D eigenvalue weighted by Crippen LogP contribution is 2.09. The Labute approximate surface area is 137 Å². The average Bonchev–Trinajstić information content (AvgIpc) is 2.48. The maximum atomic E-state index is 11.9. The second-order valence-corrected chi connectivity index (χ2v) is 5.23. The minimum absolute atomic E-state index is 0. The maximum Gasteiger partial charge on any atom is 0.325 e. The van der Waals surface area contributed by atoms with E-state index >= 15 is 0 Å². The van der Waals surface area contributed by atoms with Crippen LogP contribution in [0, 0.1) is 0 Å². The van der Waals surface area contributed by atoms with Crippen molar-refractivity contribution < 1.29 is 9.59 Å². The molecule has 0 radical (unpaired) electrons. The molecule has 1 heterocycles. The number of anilines is 1. The lowest BCUT2D eigenvalue weighted by molar-refractivity contribution is -0.121. The molecule has 1 atom stereocenters. The summed E-state index contributed by atoms with van der Waals surface area (Å²) in [6, 6.07) is 8.98. The zero-order valence-electron chi connectivity index (χ0n) is 12.7. The topological polar surface area (TPSA) is 73.5 Å². The van der Waals surface area contributed by atoms with Gasteiger partial charge in [0.05, 0.1) is 6.54 Å². The van der Waals surface area contributed by atoms with E-state index in [9.17, 15) is 9.59 Å². The fourth-order valence-corrected chi connectivity index (χ4v) is 2.49. The van der Waals surface area contributed by atoms with Crippen LogP contribution in [-0.4, -0.2) is 49.6 Å². The first-order chi connectivity index (χ1) is 10.2. The Kier molecular flexibility index (Phi) is 7.87. The third kappa shape index (κ3) is 6.01. The number of nitrogens with zero attached hydrogens (tertiary/aromatic N) is 1. The van der Waals surface area contributed by atoms with Crippen LogP contribution in [0.25, 0.3) is 0 Å². The number of para-hydroxylation sites is 1. The first kappa shape index (κ1) is 18.4. The number of halogens is 1. The number of amides is 3. The SMILES string of the molecule is CNC1CCCN(CC(=O)NC(=O)Nc2ccccc2)C1.Cl. The van der Waals surface area contributed by atoms with Crippen molar-refractivity contribution in [3.8, 4) is 0 Å². The van der Waals surface area contributed by atoms with E-state index in [4.69, 9.17) is 0 Å². The largest absolute Gasteiger partial charge is 0.325 e. The fraction of sp³-hybridized carbons (Fsp3) is 0.467. The van der Waals surface area contributed by atoms with Crippen molar-refractivity contribution in [1.82, 2.24) is 15.5 Å². The predicted octanol–water partition coefficient (Wildman–Crippen LogP) is 1.44. The molecule has 6 nitrogen and oxygen atoms in total. The fourth-order valence-electron chi connectivity index (χ4n) is 2.49. The Morgan fingerprint density at radius 3 is 2.68 bits per heavy atom. The number of imide groups is 1. The first-order valence-electron chi connectivity index (χ1n) is 7.23. The van der Waals surface area contributed by atoms with Gasteiger partial charge in [0.15, 0.2) is 0 Å². The molecular formula is C15H23ClN4O2. The molecule has 1 saturated heterocycles. The lowest BCUT2D eigenvalue weighted by atomic mass is 10.1. The quantitative estimate of drug-likeness (QED) is 0.783. The van der Waals surface area contributed by atoms with Gasteiger partial charge in [0.25, 0.3) is 0 Å². The Hall–Kier alpha value is -1.63. The third-order valence-corrected chi connectivity index (χ3v) is 3.57. The lowest BCUT2D eigenvalue weighted by Gasteiger charge is -2.31. The summed E-state index contributed by atoms with van der Waals surface area (Å²) in [5.41, 5.74) is 0.663. The van der Waals surface area contributed by atoms with Crippen molar-refractivity contribution in [3.05, 3.63) is 30.3 Å². The number of carbonyl (C=O) groups is 2. The second-order valence-electron chi connectivity index (χ2n) is 5.23. The van der Waals surface area contributed by atoms with Crippen LogP contribution in [-0.2, 0) is 4.79 Å². The molecule has 1 aliphatic heterocycles. The Morgan fingerprint density at radius 2 is 2.00 bits per heavy atom. The average molecular weight is 327 g/mol. The van der Waals surface area contributed by atoms with Crippen molar-refractivity contribution in [2.45, 2.75) is 18.9 Å². The van der Waals surface area contributed by atoms with E-state index in [1.54, 1.807) is 12.1 Å². The van der Waals surface area contributed by atoms with Crippen molar-refractivity contribution in [1.29, 1.82) is 0 Å². The Balaban J connectivity index is 0.00000242. The lowest BCUT2D eigenvalue weighted by Crippen LogP contribution is -2.49. The minimum Gasteiger partial charge on any atom is -0.316 e. The summed E-state index contributed by atoms with van der Waals surface area (Å²) in [4.78, 5) is 25.6. The molecule has 1 aromatic rings. The van der Waals surface area contributed by atoms with Gasteiger partial charge in [-0.15, -0.1) is 12.4 Å². The highest BCUT2D eigenvalue weighted by atomic mass is 35.5. The molecule has 0 bridgehead atoms. The molecule has 3 N–H and O–H groups in total. The number of carbonyl (C=O) groups excluding carboxylic acids is 2. The molecule has 7 heteroatoms. The summed E-state index contributed by atoms with van der Waals surface area (Å²) >= 11 is 0. The summed E-state index contributed by atoms with van der Waals surface area (Å²) in [7, 11) is 1.93. The molecule has 3 amide bonds. The molecule has 0 saturated carbocycles. The van der Waals surface area contributed by atoms with E-state index in [1.165, 1.54) is 0 Å². The Bertz CT molecular complexity index is 484. The van der Waals surface area contributed by atoms with Gasteiger partial charge < -0.3 is 10.6 Å². The van der Waals surface area contributed by atoms with Gasteiger partial charge in [-0.3, -0.25) is 15.0 Å². The third-order valence-electron chi connectivity index (χ3n) is 3.57. The van der Waals surface area contributed by atoms with Crippen molar-refractivity contribution in [2.75, 3.05) is 32.0 Å². The summed E-state index contributed by atoms with van der Waals surface area (Å²) < 4.78 is 0. The number of hydrogen-bond donors (Lipinski definition) is 3. The van der Waals surface area contributed by atoms with E-state index < -0.39 is 6.03 Å². The smallest absolute Gasteiger partial charge is 0.316 e. The van der Waals surface area contributed by atoms with Crippen LogP contribution in [0.4, 0.5) is 10.5 Å². The van der Waals surface area contributed by atoms with Gasteiger partial charge in [-0.1, -0.05) is 18.2 Å². The Morgan fingerprint density at radius 1 is 1.27 bits per heavy atom. The van der Waals surface area contributed by atoms with Crippen LogP contribution in [0.3, 0.4) is 0 Å². The van der Waals surface area contributed by atoms with Crippen LogP contribution < -0.4 is 16.0 Å². The van der Waals surface area contributed by atoms with Crippen LogP contribution in [0.5, 0.6) is 0 Å². The zero-order chi connectivity index (χ0) is 15.1. The van der Waals surface area contributed by atoms with Gasteiger partial charge in [0.2, 0.25) is 5.91 Å². The maximum absolute atomic E-state index is 11.9. The molecule has 0 aliphatic carbocycles. The molecule has 0 spiro atoms. The zero-order valence-corrected chi connectivity index (χ0v) is 13.5. The monoisotopic (exact) mass is 326 g/mol. The molecule has 2 rings (SSSR count). The number of hydrogen-bond acceptors (Lipinski definition) is 4. The molecule has 1 unspecified atom stereocenters. The van der Waals surface area contributed by atoms with Crippen LogP contribution in [0.15, 0.2) is 30.3 Å². The number of nitrogens with one attached hydrogen (secondary N) is 3. The van der Waals surface area contributed by atoms with Gasteiger partial charge in [0.1, 0.15) is 0 Å². The normalized spacial score (nSPS) is 18.1.